The lowest BCUT2D eigenvalue weighted by Crippen LogP contribution is -2.39. The molecule has 1 aromatic heterocycles. The topological polar surface area (TPSA) is 95.3 Å². The Morgan fingerprint density at radius 2 is 1.67 bits per heavy atom. The molecule has 0 unspecified atom stereocenters. The molecule has 1 aliphatic heterocycles. The molecular weight excluding hydrogens is 310 g/mol. The van der Waals surface area contributed by atoms with Gasteiger partial charge in [0.05, 0.1) is 11.4 Å². The van der Waals surface area contributed by atoms with Crippen molar-refractivity contribution in [3.8, 4) is 0 Å². The molecule has 1 amide bonds. The molecule has 3 rings (SSSR count). The van der Waals surface area contributed by atoms with Crippen molar-refractivity contribution in [2.24, 2.45) is 0 Å². The van der Waals surface area contributed by atoms with E-state index in [2.05, 4.69) is 5.10 Å². The van der Waals surface area contributed by atoms with E-state index in [1.807, 2.05) is 0 Å². The maximum Gasteiger partial charge on any atom is 0.275 e. The molecule has 24 heavy (non-hydrogen) atoms. The molecule has 0 bridgehead atoms. The number of hydrogen-bond donors (Lipinski definition) is 0. The average molecular weight is 328 g/mol. The van der Waals surface area contributed by atoms with Gasteiger partial charge >= 0.3 is 0 Å². The zero-order valence-corrected chi connectivity index (χ0v) is 13.2. The van der Waals surface area contributed by atoms with Crippen molar-refractivity contribution in [1.29, 1.82) is 0 Å². The summed E-state index contributed by atoms with van der Waals surface area (Å²) in [6, 6.07) is 6.31. The Bertz CT molecular complexity index is 835. The molecular formula is C17H18N3O4-. The number of carboxylic acid groups (broad SMARTS) is 1. The van der Waals surface area contributed by atoms with Crippen LogP contribution in [0.3, 0.4) is 0 Å². The minimum Gasteiger partial charge on any atom is -0.543 e. The number of carbonyl (C=O) groups is 2. The number of likely N-dealkylation sites (tertiary alicyclic amines) is 1. The second kappa shape index (κ2) is 6.82. The molecule has 0 atom stereocenters. The van der Waals surface area contributed by atoms with Gasteiger partial charge in [-0.3, -0.25) is 9.59 Å². The number of aromatic nitrogens is 2. The van der Waals surface area contributed by atoms with Gasteiger partial charge in [0.2, 0.25) is 5.91 Å². The van der Waals surface area contributed by atoms with Crippen molar-refractivity contribution in [2.45, 2.75) is 32.2 Å². The van der Waals surface area contributed by atoms with Crippen LogP contribution < -0.4 is 10.7 Å². The lowest BCUT2D eigenvalue weighted by atomic mass is 10.1. The number of carboxylic acids is 1. The molecule has 1 saturated heterocycles. The van der Waals surface area contributed by atoms with E-state index in [9.17, 15) is 19.5 Å². The van der Waals surface area contributed by atoms with Crippen LogP contribution >= 0.6 is 0 Å². The van der Waals surface area contributed by atoms with Crippen LogP contribution in [0.5, 0.6) is 0 Å². The predicted molar refractivity (Wildman–Crippen MR) is 85.4 cm³/mol. The number of carbonyl (C=O) groups excluding carboxylic acids is 2. The quantitative estimate of drug-likeness (QED) is 0.800. The van der Waals surface area contributed by atoms with Crippen molar-refractivity contribution in [3.63, 3.8) is 0 Å². The largest absolute Gasteiger partial charge is 0.543 e. The van der Waals surface area contributed by atoms with Crippen LogP contribution in [0.25, 0.3) is 10.8 Å². The number of nitrogens with zero attached hydrogens (tertiary/aromatic N) is 3. The highest BCUT2D eigenvalue weighted by molar-refractivity contribution is 6.00. The Kier molecular flexibility index (Phi) is 4.59. The fourth-order valence-electron chi connectivity index (χ4n) is 3.04. The maximum atomic E-state index is 12.5. The summed E-state index contributed by atoms with van der Waals surface area (Å²) in [5.41, 5.74) is -0.798. The SMILES string of the molecule is O=C([O-])c1nn(CC(=O)N2CCCCCC2)c(=O)c2ccccc12. The van der Waals surface area contributed by atoms with Gasteiger partial charge in [-0.15, -0.1) is 0 Å². The lowest BCUT2D eigenvalue weighted by molar-refractivity contribution is -0.255. The van der Waals surface area contributed by atoms with E-state index in [0.29, 0.717) is 13.1 Å². The van der Waals surface area contributed by atoms with Crippen molar-refractivity contribution < 1.29 is 14.7 Å². The number of rotatable bonds is 3. The highest BCUT2D eigenvalue weighted by Crippen LogP contribution is 2.13. The minimum atomic E-state index is -1.47. The molecule has 1 aromatic carbocycles. The number of aromatic carboxylic acids is 1. The Labute approximate surface area is 138 Å². The van der Waals surface area contributed by atoms with Crippen LogP contribution in [-0.2, 0) is 11.3 Å². The van der Waals surface area contributed by atoms with Crippen molar-refractivity contribution in [2.75, 3.05) is 13.1 Å². The standard InChI is InChI=1S/C17H19N3O4/c21-14(19-9-5-1-2-6-10-19)11-20-16(22)13-8-4-3-7-12(13)15(18-20)17(23)24/h3-4,7-8H,1-2,5-6,9-11H2,(H,23,24)/p-1. The Hall–Kier alpha value is -2.70. The molecule has 1 aliphatic rings. The van der Waals surface area contributed by atoms with E-state index < -0.39 is 11.5 Å². The van der Waals surface area contributed by atoms with Gasteiger partial charge in [0, 0.05) is 18.5 Å². The van der Waals surface area contributed by atoms with E-state index in [-0.39, 0.29) is 28.9 Å². The molecule has 0 aliphatic carbocycles. The summed E-state index contributed by atoms with van der Waals surface area (Å²) in [4.78, 5) is 38.0. The molecule has 0 saturated carbocycles. The van der Waals surface area contributed by atoms with Gasteiger partial charge in [-0.25, -0.2) is 4.68 Å². The molecule has 0 N–H and O–H groups in total. The summed E-state index contributed by atoms with van der Waals surface area (Å²) in [5.74, 6) is -1.69. The van der Waals surface area contributed by atoms with Crippen molar-refractivity contribution in [1.82, 2.24) is 14.7 Å². The second-order valence-electron chi connectivity index (χ2n) is 5.94. The van der Waals surface area contributed by atoms with Crippen LogP contribution in [0.4, 0.5) is 0 Å². The first-order chi connectivity index (χ1) is 11.6. The minimum absolute atomic E-state index is 0.217. The number of fused-ring (bicyclic) bond motifs is 1. The number of hydrogen-bond acceptors (Lipinski definition) is 5. The Morgan fingerprint density at radius 3 is 2.29 bits per heavy atom. The van der Waals surface area contributed by atoms with Crippen LogP contribution in [0, 0.1) is 0 Å². The summed E-state index contributed by atoms with van der Waals surface area (Å²) in [6.07, 6.45) is 4.06. The molecule has 126 valence electrons. The smallest absolute Gasteiger partial charge is 0.275 e. The molecule has 2 aromatic rings. The van der Waals surface area contributed by atoms with Gasteiger partial charge in [-0.05, 0) is 18.9 Å². The summed E-state index contributed by atoms with van der Waals surface area (Å²) >= 11 is 0. The summed E-state index contributed by atoms with van der Waals surface area (Å²) in [7, 11) is 0. The highest BCUT2D eigenvalue weighted by Gasteiger charge is 2.18. The van der Waals surface area contributed by atoms with Crippen molar-refractivity contribution >= 4 is 22.6 Å². The van der Waals surface area contributed by atoms with Gasteiger partial charge in [-0.2, -0.15) is 5.10 Å². The molecule has 0 spiro atoms. The zero-order valence-electron chi connectivity index (χ0n) is 13.2. The fourth-order valence-corrected chi connectivity index (χ4v) is 3.04. The Morgan fingerprint density at radius 1 is 1.04 bits per heavy atom. The predicted octanol–water partition coefficient (Wildman–Crippen LogP) is 0.163. The monoisotopic (exact) mass is 328 g/mol. The van der Waals surface area contributed by atoms with Crippen molar-refractivity contribution in [3.05, 3.63) is 40.3 Å². The van der Waals surface area contributed by atoms with Gasteiger partial charge in [-0.1, -0.05) is 31.0 Å². The van der Waals surface area contributed by atoms with E-state index >= 15 is 0 Å². The summed E-state index contributed by atoms with van der Waals surface area (Å²) < 4.78 is 0.931. The highest BCUT2D eigenvalue weighted by atomic mass is 16.4. The van der Waals surface area contributed by atoms with Crippen LogP contribution in [0.1, 0.15) is 36.2 Å². The summed E-state index contributed by atoms with van der Waals surface area (Å²) in [6.45, 7) is 1.06. The van der Waals surface area contributed by atoms with E-state index in [0.717, 1.165) is 30.4 Å². The van der Waals surface area contributed by atoms with Gasteiger partial charge in [0.1, 0.15) is 12.2 Å². The third-order valence-corrected chi connectivity index (χ3v) is 4.30. The first kappa shape index (κ1) is 16.2. The van der Waals surface area contributed by atoms with Crippen LogP contribution in [0.2, 0.25) is 0 Å². The lowest BCUT2D eigenvalue weighted by Gasteiger charge is -2.20. The first-order valence-electron chi connectivity index (χ1n) is 8.07. The maximum absolute atomic E-state index is 12.5. The normalized spacial score (nSPS) is 15.2. The number of amides is 1. The molecule has 7 heteroatoms. The third kappa shape index (κ3) is 3.15. The third-order valence-electron chi connectivity index (χ3n) is 4.30. The first-order valence-corrected chi connectivity index (χ1v) is 8.07. The second-order valence-corrected chi connectivity index (χ2v) is 5.94. The van der Waals surface area contributed by atoms with E-state index in [1.165, 1.54) is 12.1 Å². The average Bonchev–Trinajstić information content (AvgIpc) is 2.86. The molecule has 2 heterocycles. The van der Waals surface area contributed by atoms with Crippen LogP contribution in [-0.4, -0.2) is 39.6 Å². The summed E-state index contributed by atoms with van der Waals surface area (Å²) in [5, 5.41) is 15.6. The fraction of sp³-hybridized carbons (Fsp3) is 0.412. The van der Waals surface area contributed by atoms with E-state index in [4.69, 9.17) is 0 Å². The molecule has 7 nitrogen and oxygen atoms in total. The van der Waals surface area contributed by atoms with Gasteiger partial charge in [0.25, 0.3) is 5.56 Å². The Balaban J connectivity index is 1.97. The molecule has 1 fully saturated rings. The van der Waals surface area contributed by atoms with Gasteiger partial charge in [0.15, 0.2) is 0 Å². The van der Waals surface area contributed by atoms with E-state index in [1.54, 1.807) is 17.0 Å². The van der Waals surface area contributed by atoms with Crippen LogP contribution in [0.15, 0.2) is 29.1 Å². The number of benzene rings is 1. The molecule has 0 radical (unpaired) electrons. The van der Waals surface area contributed by atoms with Gasteiger partial charge < -0.3 is 14.8 Å². The zero-order chi connectivity index (χ0) is 17.1.